The average Bonchev–Trinajstić information content (AvgIpc) is 3.41. The van der Waals surface area contributed by atoms with Gasteiger partial charge in [0.05, 0.1) is 12.7 Å². The molecule has 1 heterocycles. The molecule has 0 amide bonds. The van der Waals surface area contributed by atoms with E-state index < -0.39 is 23.8 Å². The van der Waals surface area contributed by atoms with Crippen molar-refractivity contribution < 1.29 is 23.9 Å². The van der Waals surface area contributed by atoms with Crippen molar-refractivity contribution in [2.45, 2.75) is 58.0 Å². The summed E-state index contributed by atoms with van der Waals surface area (Å²) in [5, 5.41) is 3.33. The lowest BCUT2D eigenvalue weighted by Crippen LogP contribution is -2.43. The van der Waals surface area contributed by atoms with Crippen molar-refractivity contribution in [2.24, 2.45) is 11.8 Å². The molecule has 0 spiro atoms. The molecule has 1 fully saturated rings. The number of dihydropyridines is 1. The molecule has 3 atom stereocenters. The van der Waals surface area contributed by atoms with Crippen LogP contribution in [-0.2, 0) is 23.9 Å². The molecule has 2 aromatic rings. The highest BCUT2D eigenvalue weighted by Crippen LogP contribution is 2.46. The van der Waals surface area contributed by atoms with E-state index in [0.717, 1.165) is 48.1 Å². The van der Waals surface area contributed by atoms with Gasteiger partial charge in [-0.2, -0.15) is 0 Å². The van der Waals surface area contributed by atoms with E-state index >= 15 is 0 Å². The minimum Gasteiger partial charge on any atom is -0.468 e. The van der Waals surface area contributed by atoms with Gasteiger partial charge in [-0.1, -0.05) is 61.5 Å². The third-order valence-corrected chi connectivity index (χ3v) is 7.89. The highest BCUT2D eigenvalue weighted by Gasteiger charge is 2.47. The number of benzene rings is 2. The summed E-state index contributed by atoms with van der Waals surface area (Å²) in [5.41, 5.74) is 5.30. The Morgan fingerprint density at radius 2 is 1.59 bits per heavy atom. The van der Waals surface area contributed by atoms with Gasteiger partial charge in [0.2, 0.25) is 0 Å². The number of ether oxygens (including phenoxy) is 2. The van der Waals surface area contributed by atoms with Gasteiger partial charge in [-0.3, -0.25) is 9.59 Å². The standard InChI is InChI=1S/C31H33NO5/c1-18-17-24-28(29(33)25(18)30(34)36-3)27(22-15-13-21(14-16-22)20-9-5-4-6-10-20)26(19(2)32-24)31(35)37-23-11-7-8-12-23/h4-6,9-10,13-16,18,23,25,27,32H,7-8,11-12,17H2,1-3H3/t18-,25-,27+/m1/s1. The number of esters is 2. The summed E-state index contributed by atoms with van der Waals surface area (Å²) in [6.45, 7) is 3.75. The molecule has 3 aliphatic rings. The summed E-state index contributed by atoms with van der Waals surface area (Å²) in [7, 11) is 1.31. The summed E-state index contributed by atoms with van der Waals surface area (Å²) in [5.74, 6) is -2.97. The predicted molar refractivity (Wildman–Crippen MR) is 140 cm³/mol. The van der Waals surface area contributed by atoms with Crippen molar-refractivity contribution in [3.63, 3.8) is 0 Å². The molecule has 1 N–H and O–H groups in total. The minimum atomic E-state index is -0.901. The van der Waals surface area contributed by atoms with Crippen LogP contribution in [-0.4, -0.2) is 30.9 Å². The van der Waals surface area contributed by atoms with Crippen LogP contribution in [0, 0.1) is 11.8 Å². The summed E-state index contributed by atoms with van der Waals surface area (Å²) in [6.07, 6.45) is 4.22. The maximum atomic E-state index is 13.9. The van der Waals surface area contributed by atoms with Gasteiger partial charge in [-0.25, -0.2) is 4.79 Å². The molecular formula is C31H33NO5. The van der Waals surface area contributed by atoms with E-state index in [1.165, 1.54) is 7.11 Å². The topological polar surface area (TPSA) is 81.7 Å². The molecule has 0 aromatic heterocycles. The van der Waals surface area contributed by atoms with E-state index in [1.54, 1.807) is 0 Å². The largest absolute Gasteiger partial charge is 0.468 e. The van der Waals surface area contributed by atoms with Crippen LogP contribution < -0.4 is 5.32 Å². The quantitative estimate of drug-likeness (QED) is 0.435. The first-order valence-corrected chi connectivity index (χ1v) is 13.1. The van der Waals surface area contributed by atoms with Crippen LogP contribution in [0.2, 0.25) is 0 Å². The number of carbonyl (C=O) groups excluding carboxylic acids is 3. The van der Waals surface area contributed by atoms with Crippen molar-refractivity contribution in [3.8, 4) is 11.1 Å². The molecule has 0 saturated heterocycles. The number of hydrogen-bond donors (Lipinski definition) is 1. The van der Waals surface area contributed by atoms with Crippen molar-refractivity contribution in [1.82, 2.24) is 5.32 Å². The molecule has 2 aromatic carbocycles. The Balaban J connectivity index is 1.58. The van der Waals surface area contributed by atoms with Gasteiger partial charge >= 0.3 is 11.9 Å². The third-order valence-electron chi connectivity index (χ3n) is 7.89. The van der Waals surface area contributed by atoms with Gasteiger partial charge in [0.15, 0.2) is 5.78 Å². The van der Waals surface area contributed by atoms with Crippen LogP contribution in [0.1, 0.15) is 57.4 Å². The lowest BCUT2D eigenvalue weighted by Gasteiger charge is -2.38. The second-order valence-corrected chi connectivity index (χ2v) is 10.3. The van der Waals surface area contributed by atoms with Crippen molar-refractivity contribution in [3.05, 3.63) is 82.7 Å². The maximum absolute atomic E-state index is 13.9. The molecule has 192 valence electrons. The molecule has 1 saturated carbocycles. The van der Waals surface area contributed by atoms with Crippen LogP contribution in [0.5, 0.6) is 0 Å². The fraction of sp³-hybridized carbons (Fsp3) is 0.387. The number of nitrogens with one attached hydrogen (secondary N) is 1. The van der Waals surface area contributed by atoms with E-state index in [1.807, 2.05) is 68.4 Å². The molecule has 6 heteroatoms. The fourth-order valence-corrected chi connectivity index (χ4v) is 6.00. The number of allylic oxidation sites excluding steroid dienone is 3. The molecular weight excluding hydrogens is 466 g/mol. The Morgan fingerprint density at radius 3 is 2.24 bits per heavy atom. The zero-order valence-electron chi connectivity index (χ0n) is 21.6. The zero-order valence-corrected chi connectivity index (χ0v) is 21.6. The first-order valence-electron chi connectivity index (χ1n) is 13.1. The lowest BCUT2D eigenvalue weighted by atomic mass is 9.69. The summed E-state index contributed by atoms with van der Waals surface area (Å²) in [6, 6.07) is 18.0. The van der Waals surface area contributed by atoms with Gasteiger partial charge in [0, 0.05) is 22.9 Å². The molecule has 0 bridgehead atoms. The highest BCUT2D eigenvalue weighted by molar-refractivity contribution is 6.12. The number of ketones is 1. The molecule has 1 aliphatic heterocycles. The predicted octanol–water partition coefficient (Wildman–Crippen LogP) is 5.45. The fourth-order valence-electron chi connectivity index (χ4n) is 6.00. The highest BCUT2D eigenvalue weighted by atomic mass is 16.5. The van der Waals surface area contributed by atoms with E-state index in [0.29, 0.717) is 23.3 Å². The van der Waals surface area contributed by atoms with Crippen molar-refractivity contribution in [2.75, 3.05) is 7.11 Å². The van der Waals surface area contributed by atoms with Crippen LogP contribution in [0.25, 0.3) is 11.1 Å². The Bertz CT molecular complexity index is 1270. The Labute approximate surface area is 217 Å². The number of methoxy groups -OCH3 is 1. The monoisotopic (exact) mass is 499 g/mol. The van der Waals surface area contributed by atoms with Gasteiger partial charge < -0.3 is 14.8 Å². The van der Waals surface area contributed by atoms with Crippen LogP contribution >= 0.6 is 0 Å². The summed E-state index contributed by atoms with van der Waals surface area (Å²) >= 11 is 0. The van der Waals surface area contributed by atoms with Crippen molar-refractivity contribution in [1.29, 1.82) is 0 Å². The minimum absolute atomic E-state index is 0.103. The zero-order chi connectivity index (χ0) is 26.1. The SMILES string of the molecule is COC(=O)[C@H]1C(=O)C2=C(C[C@H]1C)NC(C)=C(C(=O)OC1CCCC1)[C@@H]2c1ccc(-c2ccccc2)cc1. The van der Waals surface area contributed by atoms with Gasteiger partial charge in [-0.15, -0.1) is 0 Å². The van der Waals surface area contributed by atoms with Gasteiger partial charge in [0.25, 0.3) is 0 Å². The Kier molecular flexibility index (Phi) is 7.00. The molecule has 2 aliphatic carbocycles. The maximum Gasteiger partial charge on any atom is 0.337 e. The van der Waals surface area contributed by atoms with E-state index in [9.17, 15) is 14.4 Å². The first kappa shape index (κ1) is 25.0. The van der Waals surface area contributed by atoms with E-state index in [4.69, 9.17) is 9.47 Å². The molecule has 6 nitrogen and oxygen atoms in total. The Morgan fingerprint density at radius 1 is 0.946 bits per heavy atom. The molecule has 0 radical (unpaired) electrons. The normalized spacial score (nSPS) is 24.0. The number of rotatable bonds is 5. The second-order valence-electron chi connectivity index (χ2n) is 10.3. The van der Waals surface area contributed by atoms with Crippen LogP contribution in [0.4, 0.5) is 0 Å². The first-order chi connectivity index (χ1) is 17.9. The van der Waals surface area contributed by atoms with E-state index in [2.05, 4.69) is 5.32 Å². The lowest BCUT2D eigenvalue weighted by molar-refractivity contribution is -0.151. The Hall–Kier alpha value is -3.67. The summed E-state index contributed by atoms with van der Waals surface area (Å²) < 4.78 is 10.9. The van der Waals surface area contributed by atoms with Crippen LogP contribution in [0.3, 0.4) is 0 Å². The third kappa shape index (κ3) is 4.73. The number of Topliss-reactive ketones (excluding diaryl/α,β-unsaturated/α-hetero) is 1. The van der Waals surface area contributed by atoms with Gasteiger partial charge in [-0.05, 0) is 61.6 Å². The number of hydrogen-bond acceptors (Lipinski definition) is 6. The average molecular weight is 500 g/mol. The molecule has 5 rings (SSSR count). The molecule has 37 heavy (non-hydrogen) atoms. The summed E-state index contributed by atoms with van der Waals surface area (Å²) in [4.78, 5) is 40.1. The van der Waals surface area contributed by atoms with Crippen molar-refractivity contribution >= 4 is 17.7 Å². The van der Waals surface area contributed by atoms with Gasteiger partial charge in [0.1, 0.15) is 12.0 Å². The number of carbonyl (C=O) groups is 3. The second kappa shape index (κ2) is 10.4. The van der Waals surface area contributed by atoms with Crippen LogP contribution in [0.15, 0.2) is 77.1 Å². The smallest absolute Gasteiger partial charge is 0.337 e. The molecule has 0 unspecified atom stereocenters. The van der Waals surface area contributed by atoms with E-state index in [-0.39, 0.29) is 17.8 Å².